The van der Waals surface area contributed by atoms with Crippen molar-refractivity contribution in [3.05, 3.63) is 0 Å². The van der Waals surface area contributed by atoms with Gasteiger partial charge >= 0.3 is 5.97 Å². The van der Waals surface area contributed by atoms with Crippen molar-refractivity contribution in [1.82, 2.24) is 4.90 Å². The van der Waals surface area contributed by atoms with E-state index in [1.165, 1.54) is 0 Å². The van der Waals surface area contributed by atoms with E-state index in [9.17, 15) is 9.59 Å². The van der Waals surface area contributed by atoms with E-state index < -0.39 is 20.0 Å². The number of esters is 1. The van der Waals surface area contributed by atoms with Gasteiger partial charge in [0, 0.05) is 4.75 Å². The number of fused-ring (bicyclic) bond motifs is 1. The number of thioether (sulfide) groups is 1. The van der Waals surface area contributed by atoms with Crippen LogP contribution < -0.4 is 0 Å². The smallest absolute Gasteiger partial charge is 0.331 e. The second kappa shape index (κ2) is 4.28. The number of halogens is 3. The number of β-lactam (4-membered cyclic amide) rings is 1. The molecule has 0 bridgehead atoms. The molecule has 2 saturated heterocycles. The standard InChI is InChI=1S/C9H10Br2ClNO3S/c1-8(2)4(5(14)16-3-12)13-6(15)9(10,11)7(13)17-8/h4,7H,3H2,1-2H3/t4-,7+/m0/s1. The molecular formula is C9H10Br2ClNO3S. The van der Waals surface area contributed by atoms with E-state index in [-0.39, 0.29) is 17.3 Å². The molecule has 0 N–H and O–H groups in total. The van der Waals surface area contributed by atoms with Gasteiger partial charge < -0.3 is 9.64 Å². The Hall–Kier alpha value is 0.540. The van der Waals surface area contributed by atoms with Crippen LogP contribution in [0.5, 0.6) is 0 Å². The zero-order valence-corrected chi connectivity index (χ0v) is 13.8. The van der Waals surface area contributed by atoms with Crippen molar-refractivity contribution in [2.75, 3.05) is 6.07 Å². The lowest BCUT2D eigenvalue weighted by Gasteiger charge is -2.46. The van der Waals surface area contributed by atoms with Gasteiger partial charge in [-0.25, -0.2) is 4.79 Å². The molecule has 2 aliphatic rings. The van der Waals surface area contributed by atoms with Crippen molar-refractivity contribution in [2.45, 2.75) is 33.2 Å². The van der Waals surface area contributed by atoms with Gasteiger partial charge in [0.05, 0.1) is 0 Å². The number of hydrogen-bond acceptors (Lipinski definition) is 4. The minimum Gasteiger partial charge on any atom is -0.448 e. The maximum Gasteiger partial charge on any atom is 0.331 e. The number of hydrogen-bond donors (Lipinski definition) is 0. The number of alkyl halides is 3. The topological polar surface area (TPSA) is 46.6 Å². The van der Waals surface area contributed by atoms with E-state index in [1.54, 1.807) is 16.7 Å². The molecule has 0 unspecified atom stereocenters. The summed E-state index contributed by atoms with van der Waals surface area (Å²) >= 11 is 13.6. The Morgan fingerprint density at radius 2 is 2.18 bits per heavy atom. The van der Waals surface area contributed by atoms with Crippen molar-refractivity contribution >= 4 is 67.1 Å². The minimum atomic E-state index is -0.766. The van der Waals surface area contributed by atoms with Crippen molar-refractivity contribution < 1.29 is 14.3 Å². The molecule has 2 atom stereocenters. The van der Waals surface area contributed by atoms with Crippen molar-refractivity contribution in [3.8, 4) is 0 Å². The molecule has 0 aromatic heterocycles. The molecule has 0 aliphatic carbocycles. The largest absolute Gasteiger partial charge is 0.448 e. The molecule has 2 rings (SSSR count). The third kappa shape index (κ3) is 1.93. The van der Waals surface area contributed by atoms with Gasteiger partial charge in [-0.15, -0.1) is 11.8 Å². The maximum atomic E-state index is 11.9. The Kier molecular flexibility index (Phi) is 3.52. The highest BCUT2D eigenvalue weighted by atomic mass is 79.9. The molecule has 0 aromatic carbocycles. The molecule has 8 heteroatoms. The number of carbonyl (C=O) groups is 2. The van der Waals surface area contributed by atoms with Gasteiger partial charge in [0.1, 0.15) is 11.4 Å². The number of nitrogens with zero attached hydrogens (tertiary/aromatic N) is 1. The monoisotopic (exact) mass is 405 g/mol. The van der Waals surface area contributed by atoms with Crippen LogP contribution in [-0.4, -0.2) is 42.2 Å². The fourth-order valence-corrected chi connectivity index (χ4v) is 5.11. The molecule has 0 saturated carbocycles. The fourth-order valence-electron chi connectivity index (χ4n) is 2.09. The van der Waals surface area contributed by atoms with E-state index in [2.05, 4.69) is 31.9 Å². The van der Waals surface area contributed by atoms with Crippen molar-refractivity contribution in [3.63, 3.8) is 0 Å². The molecule has 0 aromatic rings. The summed E-state index contributed by atoms with van der Waals surface area (Å²) in [6.07, 6.45) is 0. The highest BCUT2D eigenvalue weighted by Crippen LogP contribution is 2.60. The summed E-state index contributed by atoms with van der Waals surface area (Å²) in [6.45, 7) is 3.83. The normalized spacial score (nSPS) is 33.0. The van der Waals surface area contributed by atoms with Crippen LogP contribution in [0.1, 0.15) is 13.8 Å². The minimum absolute atomic E-state index is 0.113. The molecule has 0 radical (unpaired) electrons. The number of amides is 1. The van der Waals surface area contributed by atoms with Crippen LogP contribution in [0.25, 0.3) is 0 Å². The van der Waals surface area contributed by atoms with Gasteiger partial charge in [0.15, 0.2) is 9.30 Å². The van der Waals surface area contributed by atoms with E-state index in [0.717, 1.165) is 0 Å². The summed E-state index contributed by atoms with van der Waals surface area (Å²) in [5.74, 6) is -0.610. The summed E-state index contributed by atoms with van der Waals surface area (Å²) in [5, 5.41) is -0.113. The molecule has 4 nitrogen and oxygen atoms in total. The van der Waals surface area contributed by atoms with Crippen LogP contribution in [0.4, 0.5) is 0 Å². The van der Waals surface area contributed by atoms with Crippen molar-refractivity contribution in [1.29, 1.82) is 0 Å². The molecule has 0 spiro atoms. The van der Waals surface area contributed by atoms with Gasteiger partial charge in [0.2, 0.25) is 0 Å². The first-order valence-electron chi connectivity index (χ1n) is 4.84. The van der Waals surface area contributed by atoms with Crippen LogP contribution in [0, 0.1) is 0 Å². The molecular weight excluding hydrogens is 397 g/mol. The Bertz CT molecular complexity index is 390. The Morgan fingerprint density at radius 1 is 1.59 bits per heavy atom. The molecule has 2 heterocycles. The van der Waals surface area contributed by atoms with Crippen LogP contribution in [0.2, 0.25) is 0 Å². The van der Waals surface area contributed by atoms with E-state index >= 15 is 0 Å². The van der Waals surface area contributed by atoms with Crippen molar-refractivity contribution in [2.24, 2.45) is 0 Å². The maximum absolute atomic E-state index is 11.9. The average molecular weight is 408 g/mol. The molecule has 1 amide bonds. The second-order valence-electron chi connectivity index (χ2n) is 4.38. The van der Waals surface area contributed by atoms with E-state index in [1.807, 2.05) is 13.8 Å². The quantitative estimate of drug-likeness (QED) is 0.400. The number of rotatable bonds is 2. The highest BCUT2D eigenvalue weighted by molar-refractivity contribution is 9.26. The molecule has 96 valence electrons. The number of ether oxygens (including phenoxy) is 1. The average Bonchev–Trinajstić information content (AvgIpc) is 2.48. The van der Waals surface area contributed by atoms with Crippen LogP contribution in [0.3, 0.4) is 0 Å². The lowest BCUT2D eigenvalue weighted by atomic mass is 9.98. The summed E-state index contributed by atoms with van der Waals surface area (Å²) in [6, 6.07) is -0.789. The highest BCUT2D eigenvalue weighted by Gasteiger charge is 2.70. The molecule has 17 heavy (non-hydrogen) atoms. The first kappa shape index (κ1) is 14.0. The predicted octanol–water partition coefficient (Wildman–Crippen LogP) is 2.27. The summed E-state index contributed by atoms with van der Waals surface area (Å²) < 4.78 is 3.66. The molecule has 2 fully saturated rings. The third-order valence-corrected chi connectivity index (χ3v) is 6.75. The molecule has 2 aliphatic heterocycles. The second-order valence-corrected chi connectivity index (χ2v) is 9.90. The van der Waals surface area contributed by atoms with Gasteiger partial charge in [-0.05, 0) is 13.8 Å². The lowest BCUT2D eigenvalue weighted by Crippen LogP contribution is -2.68. The van der Waals surface area contributed by atoms with Crippen LogP contribution in [-0.2, 0) is 14.3 Å². The summed E-state index contributed by atoms with van der Waals surface area (Å²) in [7, 11) is 0. The summed E-state index contributed by atoms with van der Waals surface area (Å²) in [4.78, 5) is 25.4. The lowest BCUT2D eigenvalue weighted by molar-refractivity contribution is -0.159. The Labute approximate surface area is 125 Å². The van der Waals surface area contributed by atoms with Gasteiger partial charge in [0.25, 0.3) is 5.91 Å². The Balaban J connectivity index is 2.28. The zero-order chi connectivity index (χ0) is 13.0. The van der Waals surface area contributed by atoms with E-state index in [4.69, 9.17) is 16.3 Å². The first-order valence-corrected chi connectivity index (χ1v) is 7.84. The summed E-state index contributed by atoms with van der Waals surface area (Å²) in [5.41, 5.74) is 0. The van der Waals surface area contributed by atoms with Gasteiger partial charge in [-0.1, -0.05) is 43.5 Å². The third-order valence-electron chi connectivity index (χ3n) is 2.85. The predicted molar refractivity (Wildman–Crippen MR) is 73.5 cm³/mol. The van der Waals surface area contributed by atoms with E-state index in [0.29, 0.717) is 0 Å². The number of carbonyl (C=O) groups excluding carboxylic acids is 2. The van der Waals surface area contributed by atoms with Gasteiger partial charge in [-0.3, -0.25) is 4.79 Å². The van der Waals surface area contributed by atoms with Crippen LogP contribution in [0.15, 0.2) is 0 Å². The zero-order valence-electron chi connectivity index (χ0n) is 9.08. The first-order chi connectivity index (χ1) is 7.73. The Morgan fingerprint density at radius 3 is 2.71 bits per heavy atom. The fraction of sp³-hybridized carbons (Fsp3) is 0.778. The van der Waals surface area contributed by atoms with Gasteiger partial charge in [-0.2, -0.15) is 0 Å². The van der Waals surface area contributed by atoms with Crippen LogP contribution >= 0.6 is 55.2 Å². The SMILES string of the molecule is CC1(C)S[C@H]2N(C(=O)C2(Br)Br)[C@H]1C(=O)OCCl.